The van der Waals surface area contributed by atoms with Crippen LogP contribution in [0.1, 0.15) is 28.8 Å². The first-order valence-electron chi connectivity index (χ1n) is 12.4. The Morgan fingerprint density at radius 1 is 1.16 bits per heavy atom. The minimum Gasteiger partial charge on any atom is -0.480 e. The fourth-order valence-corrected chi connectivity index (χ4v) is 3.99. The summed E-state index contributed by atoms with van der Waals surface area (Å²) in [5.41, 5.74) is 1.93. The molecule has 0 aliphatic carbocycles. The molecule has 2 aromatic carbocycles. The van der Waals surface area contributed by atoms with E-state index in [2.05, 4.69) is 31.4 Å². The van der Waals surface area contributed by atoms with Crippen molar-refractivity contribution >= 4 is 35.1 Å². The quantitative estimate of drug-likeness (QED) is 0.224. The van der Waals surface area contributed by atoms with Gasteiger partial charge in [-0.3, -0.25) is 25.1 Å². The van der Waals surface area contributed by atoms with Crippen molar-refractivity contribution in [3.05, 3.63) is 65.9 Å². The van der Waals surface area contributed by atoms with Gasteiger partial charge in [-0.05, 0) is 30.5 Å². The molecule has 2 unspecified atom stereocenters. The molecule has 0 spiro atoms. The summed E-state index contributed by atoms with van der Waals surface area (Å²) in [5.74, 6) is -1.76. The van der Waals surface area contributed by atoms with Gasteiger partial charge in [0.1, 0.15) is 12.6 Å². The molecule has 4 rings (SSSR count). The number of rotatable bonds is 12. The molecule has 2 atom stereocenters. The Morgan fingerprint density at radius 2 is 2.00 bits per heavy atom. The van der Waals surface area contributed by atoms with Crippen molar-refractivity contribution < 1.29 is 24.2 Å². The summed E-state index contributed by atoms with van der Waals surface area (Å²) in [5, 5.41) is 26.0. The number of nitrogens with one attached hydrogen (secondary N) is 4. The summed E-state index contributed by atoms with van der Waals surface area (Å²) in [6.07, 6.45) is 4.32. The van der Waals surface area contributed by atoms with Crippen LogP contribution in [0.3, 0.4) is 0 Å². The van der Waals surface area contributed by atoms with Gasteiger partial charge < -0.3 is 20.5 Å². The van der Waals surface area contributed by atoms with Gasteiger partial charge in [-0.25, -0.2) is 9.59 Å². The fourth-order valence-electron chi connectivity index (χ4n) is 3.99. The van der Waals surface area contributed by atoms with E-state index in [-0.39, 0.29) is 19.4 Å². The Kier molecular flexibility index (Phi) is 9.37. The molecule has 1 aromatic heterocycles. The van der Waals surface area contributed by atoms with Crippen molar-refractivity contribution in [1.82, 2.24) is 31.0 Å². The molecular formula is C26H31N7O5. The first kappa shape index (κ1) is 26.8. The zero-order valence-corrected chi connectivity index (χ0v) is 20.8. The third-order valence-electron chi connectivity index (χ3n) is 5.95. The van der Waals surface area contributed by atoms with E-state index in [1.54, 1.807) is 42.6 Å². The van der Waals surface area contributed by atoms with Gasteiger partial charge in [0, 0.05) is 37.8 Å². The third kappa shape index (κ3) is 7.37. The van der Waals surface area contributed by atoms with E-state index in [1.807, 2.05) is 23.0 Å². The Labute approximate surface area is 219 Å². The van der Waals surface area contributed by atoms with Crippen LogP contribution in [0.2, 0.25) is 0 Å². The molecule has 1 aliphatic rings. The molecule has 38 heavy (non-hydrogen) atoms. The summed E-state index contributed by atoms with van der Waals surface area (Å²) < 4.78 is 6.91. The maximum Gasteiger partial charge on any atom is 0.408 e. The van der Waals surface area contributed by atoms with Crippen molar-refractivity contribution in [1.29, 1.82) is 0 Å². The van der Waals surface area contributed by atoms with E-state index >= 15 is 0 Å². The molecule has 0 bridgehead atoms. The molecule has 0 saturated carbocycles. The van der Waals surface area contributed by atoms with Crippen LogP contribution in [0, 0.1) is 0 Å². The molecule has 2 heterocycles. The number of ether oxygens (including phenoxy) is 1. The first-order valence-corrected chi connectivity index (χ1v) is 12.4. The van der Waals surface area contributed by atoms with E-state index in [0.29, 0.717) is 17.5 Å². The highest BCUT2D eigenvalue weighted by molar-refractivity contribution is 6.06. The Balaban J connectivity index is 1.29. The third-order valence-corrected chi connectivity index (χ3v) is 5.95. The second kappa shape index (κ2) is 13.3. The number of aliphatic carboxylic acids is 1. The lowest BCUT2D eigenvalue weighted by Crippen LogP contribution is -2.48. The van der Waals surface area contributed by atoms with Crippen LogP contribution in [0.4, 0.5) is 4.79 Å². The van der Waals surface area contributed by atoms with Gasteiger partial charge in [0.05, 0.1) is 17.3 Å². The molecule has 3 aromatic rings. The van der Waals surface area contributed by atoms with Gasteiger partial charge in [-0.15, -0.1) is 0 Å². The maximum absolute atomic E-state index is 12.9. The van der Waals surface area contributed by atoms with Gasteiger partial charge in [-0.1, -0.05) is 36.4 Å². The Bertz CT molecular complexity index is 1280. The van der Waals surface area contributed by atoms with Gasteiger partial charge in [0.2, 0.25) is 0 Å². The number of carboxylic acids is 1. The van der Waals surface area contributed by atoms with Gasteiger partial charge in [0.25, 0.3) is 5.91 Å². The molecule has 0 fully saturated rings. The average Bonchev–Trinajstić information content (AvgIpc) is 3.36. The minimum atomic E-state index is -1.36. The number of aromatic nitrogens is 2. The van der Waals surface area contributed by atoms with Crippen molar-refractivity contribution in [2.24, 2.45) is 4.99 Å². The topological polar surface area (TPSA) is 159 Å². The molecule has 0 radical (unpaired) electrons. The van der Waals surface area contributed by atoms with Gasteiger partial charge in [-0.2, -0.15) is 5.10 Å². The van der Waals surface area contributed by atoms with E-state index in [4.69, 9.17) is 4.74 Å². The zero-order valence-electron chi connectivity index (χ0n) is 20.8. The number of fused-ring (bicyclic) bond motifs is 1. The predicted octanol–water partition coefficient (Wildman–Crippen LogP) is 1.47. The highest BCUT2D eigenvalue weighted by Gasteiger charge is 2.22. The molecule has 2 amide bonds. The van der Waals surface area contributed by atoms with Gasteiger partial charge in [0.15, 0.2) is 6.29 Å². The standard InChI is InChI=1S/C26H31N7O5/c34-23(30-16-21(24(35)36)32-26(37)38-17-18-7-2-1-3-8-18)19-9-4-10-22-20(19)15-31-33(22)14-6-13-29-25-27-11-5-12-28-25/h1-4,7-11,15,21,25,28-29H,5-6,12-14,16-17H2,(H,30,34)(H,32,37)(H,35,36). The average molecular weight is 522 g/mol. The largest absolute Gasteiger partial charge is 0.480 e. The number of alkyl carbamates (subject to hydrolysis) is 1. The number of amides is 2. The number of aryl methyl sites for hydroxylation is 1. The number of carbonyl (C=O) groups excluding carboxylic acids is 2. The number of nitrogens with zero attached hydrogens (tertiary/aromatic N) is 3. The lowest BCUT2D eigenvalue weighted by Gasteiger charge is -2.19. The first-order chi connectivity index (χ1) is 18.5. The van der Waals surface area contributed by atoms with Crippen molar-refractivity contribution in [2.75, 3.05) is 19.6 Å². The van der Waals surface area contributed by atoms with E-state index in [9.17, 15) is 19.5 Å². The molecule has 1 aliphatic heterocycles. The number of hydrogen-bond acceptors (Lipinski definition) is 8. The number of benzene rings is 2. The van der Waals surface area contributed by atoms with E-state index < -0.39 is 24.0 Å². The lowest BCUT2D eigenvalue weighted by molar-refractivity contribution is -0.139. The smallest absolute Gasteiger partial charge is 0.408 e. The maximum atomic E-state index is 12.9. The van der Waals surface area contributed by atoms with Crippen LogP contribution in [0.5, 0.6) is 0 Å². The van der Waals surface area contributed by atoms with Gasteiger partial charge >= 0.3 is 12.1 Å². The Hall–Kier alpha value is -4.29. The zero-order chi connectivity index (χ0) is 26.7. The number of hydrogen-bond donors (Lipinski definition) is 5. The van der Waals surface area contributed by atoms with Crippen LogP contribution in [0.15, 0.2) is 59.7 Å². The SMILES string of the molecule is O=C(NC(CNC(=O)c1cccc2c1cnn2CCCNC1N=CCCN1)C(=O)O)OCc1ccccc1. The van der Waals surface area contributed by atoms with Crippen molar-refractivity contribution in [3.8, 4) is 0 Å². The van der Waals surface area contributed by atoms with Crippen LogP contribution >= 0.6 is 0 Å². The molecule has 12 nitrogen and oxygen atoms in total. The second-order valence-electron chi connectivity index (χ2n) is 8.70. The predicted molar refractivity (Wildman–Crippen MR) is 141 cm³/mol. The highest BCUT2D eigenvalue weighted by atomic mass is 16.5. The van der Waals surface area contributed by atoms with Crippen LogP contribution in [-0.2, 0) is 22.7 Å². The van der Waals surface area contributed by atoms with Crippen LogP contribution < -0.4 is 21.3 Å². The molecule has 5 N–H and O–H groups in total. The monoisotopic (exact) mass is 521 g/mol. The van der Waals surface area contributed by atoms with Crippen LogP contribution in [0.25, 0.3) is 10.9 Å². The summed E-state index contributed by atoms with van der Waals surface area (Å²) in [4.78, 5) is 41.0. The number of carbonyl (C=O) groups is 3. The highest BCUT2D eigenvalue weighted by Crippen LogP contribution is 2.19. The summed E-state index contributed by atoms with van der Waals surface area (Å²) >= 11 is 0. The summed E-state index contributed by atoms with van der Waals surface area (Å²) in [6.45, 7) is 1.97. The molecule has 0 saturated heterocycles. The molecule has 12 heteroatoms. The number of carboxylic acid groups (broad SMARTS) is 1. The molecular weight excluding hydrogens is 490 g/mol. The van der Waals surface area contributed by atoms with E-state index in [1.165, 1.54) is 0 Å². The normalized spacial score (nSPS) is 15.6. The summed E-state index contributed by atoms with van der Waals surface area (Å²) in [7, 11) is 0. The second-order valence-corrected chi connectivity index (χ2v) is 8.70. The summed E-state index contributed by atoms with van der Waals surface area (Å²) in [6, 6.07) is 12.9. The fraction of sp³-hybridized carbons (Fsp3) is 0.346. The van der Waals surface area contributed by atoms with Crippen LogP contribution in [-0.4, -0.2) is 71.0 Å². The number of aliphatic imine (C=N–C) groups is 1. The minimum absolute atomic E-state index is 0.00116. The van der Waals surface area contributed by atoms with Crippen molar-refractivity contribution in [3.63, 3.8) is 0 Å². The Morgan fingerprint density at radius 3 is 2.76 bits per heavy atom. The van der Waals surface area contributed by atoms with Crippen molar-refractivity contribution in [2.45, 2.75) is 38.3 Å². The lowest BCUT2D eigenvalue weighted by atomic mass is 10.1. The molecule has 200 valence electrons. The van der Waals surface area contributed by atoms with E-state index in [0.717, 1.165) is 37.0 Å².